The second-order valence-electron chi connectivity index (χ2n) is 6.36. The number of hydrogen-bond acceptors (Lipinski definition) is 7. The van der Waals surface area contributed by atoms with Gasteiger partial charge < -0.3 is 9.80 Å². The standard InChI is InChI=1S/C18H19N5O2S/c1-13-12-16(14-4-2-5-15(23(24)25)17(14)20-13)21-7-3-8-22(10-9-21)18-19-6-11-26-18/h2,4-6,11-12H,3,7-10H2,1H3. The normalized spacial score (nSPS) is 15.3. The molecule has 7 nitrogen and oxygen atoms in total. The van der Waals surface area contributed by atoms with Crippen LogP contribution in [0.25, 0.3) is 10.9 Å². The second kappa shape index (κ2) is 6.87. The smallest absolute Gasteiger partial charge is 0.295 e. The average molecular weight is 369 g/mol. The zero-order valence-electron chi connectivity index (χ0n) is 14.5. The number of thiazole rings is 1. The van der Waals surface area contributed by atoms with Gasteiger partial charge in [-0.1, -0.05) is 12.1 Å². The van der Waals surface area contributed by atoms with Crippen molar-refractivity contribution in [1.29, 1.82) is 0 Å². The van der Waals surface area contributed by atoms with Crippen LogP contribution in [0.15, 0.2) is 35.8 Å². The summed E-state index contributed by atoms with van der Waals surface area (Å²) in [6.07, 6.45) is 2.85. The van der Waals surface area contributed by atoms with Crippen LogP contribution >= 0.6 is 11.3 Å². The van der Waals surface area contributed by atoms with Crippen molar-refractivity contribution in [2.75, 3.05) is 36.0 Å². The van der Waals surface area contributed by atoms with Crippen LogP contribution in [0.3, 0.4) is 0 Å². The Morgan fingerprint density at radius 3 is 2.77 bits per heavy atom. The third-order valence-corrected chi connectivity index (χ3v) is 5.48. The molecule has 8 heteroatoms. The molecule has 3 heterocycles. The first-order valence-corrected chi connectivity index (χ1v) is 9.45. The van der Waals surface area contributed by atoms with E-state index in [1.807, 2.05) is 30.6 Å². The fraction of sp³-hybridized carbons (Fsp3) is 0.333. The Morgan fingerprint density at radius 2 is 2.00 bits per heavy atom. The lowest BCUT2D eigenvalue weighted by molar-refractivity contribution is -0.383. The van der Waals surface area contributed by atoms with E-state index in [9.17, 15) is 10.1 Å². The van der Waals surface area contributed by atoms with Crippen LogP contribution in [0, 0.1) is 17.0 Å². The minimum Gasteiger partial charge on any atom is -0.369 e. The first-order chi connectivity index (χ1) is 12.6. The van der Waals surface area contributed by atoms with Gasteiger partial charge in [-0.3, -0.25) is 10.1 Å². The van der Waals surface area contributed by atoms with Crippen molar-refractivity contribution in [2.24, 2.45) is 0 Å². The van der Waals surface area contributed by atoms with Crippen LogP contribution in [0.2, 0.25) is 0 Å². The van der Waals surface area contributed by atoms with E-state index in [0.29, 0.717) is 5.52 Å². The van der Waals surface area contributed by atoms with E-state index in [1.54, 1.807) is 17.4 Å². The summed E-state index contributed by atoms with van der Waals surface area (Å²) in [6.45, 7) is 5.49. The predicted octanol–water partition coefficient (Wildman–Crippen LogP) is 3.62. The molecule has 0 spiro atoms. The molecule has 1 aliphatic heterocycles. The summed E-state index contributed by atoms with van der Waals surface area (Å²) in [6, 6.07) is 7.21. The van der Waals surface area contributed by atoms with E-state index >= 15 is 0 Å². The SMILES string of the molecule is Cc1cc(N2CCCN(c3nccs3)CC2)c2cccc([N+](=O)[O-])c2n1. The van der Waals surface area contributed by atoms with E-state index in [4.69, 9.17) is 0 Å². The number of non-ortho nitro benzene ring substituents is 1. The molecule has 4 rings (SSSR count). The van der Waals surface area contributed by atoms with Gasteiger partial charge in [0, 0.05) is 60.6 Å². The van der Waals surface area contributed by atoms with Gasteiger partial charge in [-0.25, -0.2) is 9.97 Å². The number of para-hydroxylation sites is 1. The summed E-state index contributed by atoms with van der Waals surface area (Å²) in [5.41, 5.74) is 2.35. The highest BCUT2D eigenvalue weighted by molar-refractivity contribution is 7.13. The Hall–Kier alpha value is -2.74. The topological polar surface area (TPSA) is 75.4 Å². The molecule has 0 atom stereocenters. The maximum atomic E-state index is 11.4. The van der Waals surface area contributed by atoms with Crippen LogP contribution in [0.1, 0.15) is 12.1 Å². The number of benzene rings is 1. The van der Waals surface area contributed by atoms with Gasteiger partial charge >= 0.3 is 0 Å². The van der Waals surface area contributed by atoms with Crippen molar-refractivity contribution < 1.29 is 4.92 Å². The lowest BCUT2D eigenvalue weighted by Crippen LogP contribution is -2.30. The average Bonchev–Trinajstić information content (AvgIpc) is 3.05. The number of fused-ring (bicyclic) bond motifs is 1. The molecule has 1 aromatic carbocycles. The summed E-state index contributed by atoms with van der Waals surface area (Å²) >= 11 is 1.66. The van der Waals surface area contributed by atoms with Crippen molar-refractivity contribution in [3.8, 4) is 0 Å². The van der Waals surface area contributed by atoms with Gasteiger partial charge in [0.2, 0.25) is 0 Å². The summed E-state index contributed by atoms with van der Waals surface area (Å²) in [5.74, 6) is 0. The first kappa shape index (κ1) is 16.7. The number of hydrogen-bond donors (Lipinski definition) is 0. The second-order valence-corrected chi connectivity index (χ2v) is 7.23. The number of rotatable bonds is 3. The van der Waals surface area contributed by atoms with Crippen molar-refractivity contribution in [1.82, 2.24) is 9.97 Å². The molecule has 2 aromatic heterocycles. The molecule has 3 aromatic rings. The van der Waals surface area contributed by atoms with Gasteiger partial charge in [0.05, 0.1) is 4.92 Å². The van der Waals surface area contributed by atoms with Crippen molar-refractivity contribution >= 4 is 38.7 Å². The molecule has 0 amide bonds. The van der Waals surface area contributed by atoms with Crippen molar-refractivity contribution in [3.05, 3.63) is 51.7 Å². The molecule has 1 saturated heterocycles. The summed E-state index contributed by atoms with van der Waals surface area (Å²) in [7, 11) is 0. The Morgan fingerprint density at radius 1 is 1.19 bits per heavy atom. The number of nitro groups is 1. The van der Waals surface area contributed by atoms with Gasteiger partial charge in [-0.2, -0.15) is 0 Å². The lowest BCUT2D eigenvalue weighted by atomic mass is 10.1. The minimum atomic E-state index is -0.356. The zero-order valence-corrected chi connectivity index (χ0v) is 15.3. The van der Waals surface area contributed by atoms with Crippen LogP contribution in [0.5, 0.6) is 0 Å². The lowest BCUT2D eigenvalue weighted by Gasteiger charge is -2.25. The van der Waals surface area contributed by atoms with E-state index in [2.05, 4.69) is 19.8 Å². The molecule has 0 bridgehead atoms. The highest BCUT2D eigenvalue weighted by Gasteiger charge is 2.21. The van der Waals surface area contributed by atoms with Crippen LogP contribution in [-0.2, 0) is 0 Å². The molecule has 134 valence electrons. The maximum absolute atomic E-state index is 11.4. The van der Waals surface area contributed by atoms with Gasteiger partial charge in [-0.15, -0.1) is 11.3 Å². The van der Waals surface area contributed by atoms with Crippen molar-refractivity contribution in [2.45, 2.75) is 13.3 Å². The summed E-state index contributed by atoms with van der Waals surface area (Å²) < 4.78 is 0. The van der Waals surface area contributed by atoms with E-state index in [-0.39, 0.29) is 10.6 Å². The predicted molar refractivity (Wildman–Crippen MR) is 104 cm³/mol. The van der Waals surface area contributed by atoms with Gasteiger partial charge in [0.25, 0.3) is 5.69 Å². The van der Waals surface area contributed by atoms with Crippen LogP contribution in [-0.4, -0.2) is 41.1 Å². The Labute approximate surface area is 155 Å². The maximum Gasteiger partial charge on any atom is 0.295 e. The molecule has 0 unspecified atom stereocenters. The summed E-state index contributed by atoms with van der Waals surface area (Å²) in [5, 5.41) is 15.3. The number of aryl methyl sites for hydroxylation is 1. The van der Waals surface area contributed by atoms with Crippen molar-refractivity contribution in [3.63, 3.8) is 0 Å². The van der Waals surface area contributed by atoms with E-state index in [0.717, 1.165) is 54.5 Å². The van der Waals surface area contributed by atoms with Crippen LogP contribution in [0.4, 0.5) is 16.5 Å². The molecule has 1 fully saturated rings. The Kier molecular flexibility index (Phi) is 4.42. The summed E-state index contributed by atoms with van der Waals surface area (Å²) in [4.78, 5) is 24.5. The molecule has 0 N–H and O–H groups in total. The third kappa shape index (κ3) is 3.08. The van der Waals surface area contributed by atoms with E-state index < -0.39 is 0 Å². The number of pyridine rings is 1. The fourth-order valence-electron chi connectivity index (χ4n) is 3.47. The molecule has 0 radical (unpaired) electrons. The first-order valence-electron chi connectivity index (χ1n) is 8.57. The van der Waals surface area contributed by atoms with Gasteiger partial charge in [0.1, 0.15) is 0 Å². The largest absolute Gasteiger partial charge is 0.369 e. The molecular weight excluding hydrogens is 350 g/mol. The highest BCUT2D eigenvalue weighted by Crippen LogP contribution is 2.33. The third-order valence-electron chi connectivity index (χ3n) is 4.65. The van der Waals surface area contributed by atoms with E-state index in [1.165, 1.54) is 6.07 Å². The highest BCUT2D eigenvalue weighted by atomic mass is 32.1. The van der Waals surface area contributed by atoms with Gasteiger partial charge in [0.15, 0.2) is 10.6 Å². The molecule has 26 heavy (non-hydrogen) atoms. The molecule has 0 saturated carbocycles. The number of anilines is 2. The molecular formula is C18H19N5O2S. The molecule has 1 aliphatic rings. The monoisotopic (exact) mass is 369 g/mol. The molecule has 0 aliphatic carbocycles. The van der Waals surface area contributed by atoms with Crippen LogP contribution < -0.4 is 9.80 Å². The Balaban J connectivity index is 1.70. The minimum absolute atomic E-state index is 0.0617. The fourth-order valence-corrected chi connectivity index (χ4v) is 4.17. The quantitative estimate of drug-likeness (QED) is 0.518. The number of aromatic nitrogens is 2. The Bertz CT molecular complexity index is 944. The number of nitrogens with zero attached hydrogens (tertiary/aromatic N) is 5. The zero-order chi connectivity index (χ0) is 18.1. The van der Waals surface area contributed by atoms with Gasteiger partial charge in [-0.05, 0) is 19.4 Å². The number of nitro benzene ring substituents is 1.